The highest BCUT2D eigenvalue weighted by Gasteiger charge is 2.04. The lowest BCUT2D eigenvalue weighted by atomic mass is 10.1. The Kier molecular flexibility index (Phi) is 4.74. The van der Waals surface area contributed by atoms with E-state index in [9.17, 15) is 0 Å². The monoisotopic (exact) mass is 269 g/mol. The summed E-state index contributed by atoms with van der Waals surface area (Å²) in [6.45, 7) is 4.87. The Morgan fingerprint density at radius 1 is 1.15 bits per heavy atom. The van der Waals surface area contributed by atoms with Crippen molar-refractivity contribution in [2.45, 2.75) is 32.9 Å². The molecule has 0 radical (unpaired) electrons. The van der Waals surface area contributed by atoms with Gasteiger partial charge in [-0.15, -0.1) is 0 Å². The molecule has 0 spiro atoms. The van der Waals surface area contributed by atoms with Crippen LogP contribution in [0.3, 0.4) is 0 Å². The van der Waals surface area contributed by atoms with Crippen molar-refractivity contribution >= 4 is 5.69 Å². The smallest absolute Gasteiger partial charge is 0.0600 e. The molecule has 1 heterocycles. The van der Waals surface area contributed by atoms with Crippen LogP contribution >= 0.6 is 0 Å². The minimum Gasteiger partial charge on any atom is -0.369 e. The maximum absolute atomic E-state index is 5.82. The van der Waals surface area contributed by atoms with Gasteiger partial charge in [-0.1, -0.05) is 18.2 Å². The van der Waals surface area contributed by atoms with Crippen molar-refractivity contribution in [2.24, 2.45) is 5.73 Å². The van der Waals surface area contributed by atoms with Gasteiger partial charge in [-0.2, -0.15) is 0 Å². The van der Waals surface area contributed by atoms with Crippen LogP contribution in [0, 0.1) is 6.92 Å². The quantitative estimate of drug-likeness (QED) is 0.907. The van der Waals surface area contributed by atoms with Crippen LogP contribution in [0.2, 0.25) is 0 Å². The zero-order chi connectivity index (χ0) is 14.5. The summed E-state index contributed by atoms with van der Waals surface area (Å²) < 4.78 is 0. The first-order valence-corrected chi connectivity index (χ1v) is 7.03. The average molecular weight is 269 g/mol. The summed E-state index contributed by atoms with van der Waals surface area (Å²) in [5.41, 5.74) is 10.4. The molecule has 0 saturated carbocycles. The number of hydrogen-bond donors (Lipinski definition) is 1. The van der Waals surface area contributed by atoms with E-state index in [-0.39, 0.29) is 6.04 Å². The topological polar surface area (TPSA) is 42.1 Å². The Bertz CT molecular complexity index is 546. The van der Waals surface area contributed by atoms with Crippen molar-refractivity contribution in [3.05, 3.63) is 59.4 Å². The van der Waals surface area contributed by atoms with Gasteiger partial charge in [-0.3, -0.25) is 4.98 Å². The maximum Gasteiger partial charge on any atom is 0.0600 e. The number of aryl methyl sites for hydroxylation is 1. The summed E-state index contributed by atoms with van der Waals surface area (Å²) in [6.07, 6.45) is 0.920. The first-order valence-electron chi connectivity index (χ1n) is 7.03. The predicted octanol–water partition coefficient (Wildman–Crippen LogP) is 2.92. The molecule has 0 aliphatic carbocycles. The van der Waals surface area contributed by atoms with Crippen molar-refractivity contribution in [3.63, 3.8) is 0 Å². The van der Waals surface area contributed by atoms with Crippen LogP contribution in [-0.4, -0.2) is 18.1 Å². The van der Waals surface area contributed by atoms with Gasteiger partial charge in [-0.05, 0) is 50.1 Å². The maximum atomic E-state index is 5.82. The second kappa shape index (κ2) is 6.53. The summed E-state index contributed by atoms with van der Waals surface area (Å²) in [4.78, 5) is 6.74. The lowest BCUT2D eigenvalue weighted by Gasteiger charge is -2.19. The normalized spacial score (nSPS) is 12.2. The third-order valence-corrected chi connectivity index (χ3v) is 3.28. The lowest BCUT2D eigenvalue weighted by molar-refractivity contribution is 0.738. The van der Waals surface area contributed by atoms with E-state index in [0.29, 0.717) is 0 Å². The van der Waals surface area contributed by atoms with E-state index < -0.39 is 0 Å². The van der Waals surface area contributed by atoms with E-state index in [1.165, 1.54) is 11.3 Å². The summed E-state index contributed by atoms with van der Waals surface area (Å²) in [5, 5.41) is 0. The fourth-order valence-corrected chi connectivity index (χ4v) is 2.28. The molecular formula is C17H23N3. The summed E-state index contributed by atoms with van der Waals surface area (Å²) >= 11 is 0. The molecule has 1 unspecified atom stereocenters. The Labute approximate surface area is 121 Å². The second-order valence-corrected chi connectivity index (χ2v) is 5.47. The van der Waals surface area contributed by atoms with E-state index in [1.54, 1.807) is 0 Å². The molecule has 20 heavy (non-hydrogen) atoms. The number of aromatic nitrogens is 1. The van der Waals surface area contributed by atoms with Gasteiger partial charge in [0.2, 0.25) is 0 Å². The zero-order valence-corrected chi connectivity index (χ0v) is 12.5. The molecule has 0 saturated heterocycles. The van der Waals surface area contributed by atoms with Crippen molar-refractivity contribution < 1.29 is 0 Å². The highest BCUT2D eigenvalue weighted by atomic mass is 15.1. The van der Waals surface area contributed by atoms with E-state index in [1.807, 2.05) is 19.9 Å². The highest BCUT2D eigenvalue weighted by molar-refractivity contribution is 5.47. The predicted molar refractivity (Wildman–Crippen MR) is 84.9 cm³/mol. The van der Waals surface area contributed by atoms with Gasteiger partial charge < -0.3 is 10.6 Å². The number of benzene rings is 1. The largest absolute Gasteiger partial charge is 0.369 e. The molecule has 106 valence electrons. The van der Waals surface area contributed by atoms with E-state index in [2.05, 4.69) is 53.3 Å². The van der Waals surface area contributed by atoms with Gasteiger partial charge in [0.15, 0.2) is 0 Å². The van der Waals surface area contributed by atoms with Gasteiger partial charge in [0, 0.05) is 24.5 Å². The summed E-state index contributed by atoms with van der Waals surface area (Å²) in [7, 11) is 2.09. The molecule has 1 atom stereocenters. The van der Waals surface area contributed by atoms with Gasteiger partial charge in [-0.25, -0.2) is 0 Å². The Balaban J connectivity index is 2.03. The van der Waals surface area contributed by atoms with E-state index in [0.717, 1.165) is 24.4 Å². The Hall–Kier alpha value is -1.87. The fraction of sp³-hybridized carbons (Fsp3) is 0.353. The number of pyridine rings is 1. The Morgan fingerprint density at radius 3 is 2.45 bits per heavy atom. The van der Waals surface area contributed by atoms with E-state index >= 15 is 0 Å². The molecule has 0 fully saturated rings. The molecule has 0 bridgehead atoms. The van der Waals surface area contributed by atoms with Crippen LogP contribution in [0.15, 0.2) is 42.5 Å². The van der Waals surface area contributed by atoms with Crippen LogP contribution in [0.4, 0.5) is 5.69 Å². The summed E-state index contributed by atoms with van der Waals surface area (Å²) in [5.74, 6) is 0. The van der Waals surface area contributed by atoms with Crippen molar-refractivity contribution in [1.82, 2.24) is 4.98 Å². The molecule has 0 aliphatic heterocycles. The van der Waals surface area contributed by atoms with Gasteiger partial charge >= 0.3 is 0 Å². The van der Waals surface area contributed by atoms with Crippen molar-refractivity contribution in [1.29, 1.82) is 0 Å². The van der Waals surface area contributed by atoms with Crippen molar-refractivity contribution in [3.8, 4) is 0 Å². The molecule has 2 N–H and O–H groups in total. The number of anilines is 1. The third kappa shape index (κ3) is 4.07. The van der Waals surface area contributed by atoms with Crippen LogP contribution < -0.4 is 10.6 Å². The molecular weight excluding hydrogens is 246 g/mol. The van der Waals surface area contributed by atoms with Crippen molar-refractivity contribution in [2.75, 3.05) is 11.9 Å². The SMILES string of the molecule is Cc1cccc(CN(C)c2ccc(CC(C)N)cc2)n1. The van der Waals surface area contributed by atoms with Gasteiger partial charge in [0.05, 0.1) is 12.2 Å². The first-order chi connectivity index (χ1) is 9.54. The van der Waals surface area contributed by atoms with Gasteiger partial charge in [0.1, 0.15) is 0 Å². The Morgan fingerprint density at radius 2 is 1.85 bits per heavy atom. The fourth-order valence-electron chi connectivity index (χ4n) is 2.28. The second-order valence-electron chi connectivity index (χ2n) is 5.47. The van der Waals surface area contributed by atoms with Crippen LogP contribution in [0.5, 0.6) is 0 Å². The van der Waals surface area contributed by atoms with Crippen LogP contribution in [-0.2, 0) is 13.0 Å². The summed E-state index contributed by atoms with van der Waals surface area (Å²) in [6, 6.07) is 14.9. The molecule has 0 aliphatic rings. The molecule has 1 aromatic carbocycles. The standard InChI is InChI=1S/C17H23N3/c1-13(18)11-15-7-9-17(10-8-15)20(3)12-16-6-4-5-14(2)19-16/h4-10,13H,11-12,18H2,1-3H3. The number of nitrogens with zero attached hydrogens (tertiary/aromatic N) is 2. The number of rotatable bonds is 5. The van der Waals surface area contributed by atoms with Crippen LogP contribution in [0.25, 0.3) is 0 Å². The molecule has 3 heteroatoms. The lowest BCUT2D eigenvalue weighted by Crippen LogP contribution is -2.19. The molecule has 2 rings (SSSR count). The first kappa shape index (κ1) is 14.5. The number of nitrogens with two attached hydrogens (primary N) is 1. The van der Waals surface area contributed by atoms with Gasteiger partial charge in [0.25, 0.3) is 0 Å². The molecule has 0 amide bonds. The van der Waals surface area contributed by atoms with Crippen LogP contribution in [0.1, 0.15) is 23.9 Å². The van der Waals surface area contributed by atoms with E-state index in [4.69, 9.17) is 5.73 Å². The molecule has 1 aromatic heterocycles. The highest BCUT2D eigenvalue weighted by Crippen LogP contribution is 2.16. The third-order valence-electron chi connectivity index (χ3n) is 3.28. The number of hydrogen-bond acceptors (Lipinski definition) is 3. The minimum atomic E-state index is 0.204. The molecule has 2 aromatic rings. The molecule has 3 nitrogen and oxygen atoms in total. The average Bonchev–Trinajstić information content (AvgIpc) is 2.38. The minimum absolute atomic E-state index is 0.204. The zero-order valence-electron chi connectivity index (χ0n) is 12.5.